The number of likely N-dealkylation sites (N-methyl/N-ethyl adjacent to an activating group) is 1. The van der Waals surface area contributed by atoms with E-state index >= 15 is 0 Å². The summed E-state index contributed by atoms with van der Waals surface area (Å²) in [5, 5.41) is 2.96. The molecule has 2 aliphatic heterocycles. The number of benzene rings is 2. The second-order valence-electron chi connectivity index (χ2n) is 9.13. The van der Waals surface area contributed by atoms with E-state index in [0.717, 1.165) is 50.1 Å². The van der Waals surface area contributed by atoms with E-state index in [-0.39, 0.29) is 23.3 Å². The quantitative estimate of drug-likeness (QED) is 0.784. The Morgan fingerprint density at radius 1 is 1.13 bits per heavy atom. The van der Waals surface area contributed by atoms with Gasteiger partial charge in [0.2, 0.25) is 5.91 Å². The summed E-state index contributed by atoms with van der Waals surface area (Å²) in [4.78, 5) is 29.7. The van der Waals surface area contributed by atoms with Crippen molar-refractivity contribution in [3.63, 3.8) is 0 Å². The smallest absolute Gasteiger partial charge is 0.253 e. The molecule has 1 spiro atoms. The van der Waals surface area contributed by atoms with Crippen LogP contribution in [-0.4, -0.2) is 42.9 Å². The van der Waals surface area contributed by atoms with Gasteiger partial charge in [0.05, 0.1) is 11.4 Å². The molecule has 1 saturated heterocycles. The molecule has 0 aromatic heterocycles. The summed E-state index contributed by atoms with van der Waals surface area (Å²) in [5.74, 6) is 0.0285. The molecule has 0 saturated carbocycles. The van der Waals surface area contributed by atoms with Crippen LogP contribution in [0.25, 0.3) is 0 Å². The van der Waals surface area contributed by atoms with Crippen molar-refractivity contribution in [3.8, 4) is 0 Å². The number of rotatable bonds is 1. The molecular formula is C25H29N3O2. The van der Waals surface area contributed by atoms with E-state index in [1.807, 2.05) is 42.0 Å². The summed E-state index contributed by atoms with van der Waals surface area (Å²) >= 11 is 0. The Kier molecular flexibility index (Phi) is 4.57. The zero-order valence-corrected chi connectivity index (χ0v) is 17.8. The molecular weight excluding hydrogens is 374 g/mol. The minimum absolute atomic E-state index is 0.0367. The Morgan fingerprint density at radius 3 is 2.80 bits per heavy atom. The number of hydrogen-bond donors (Lipinski definition) is 1. The standard InChI is InChI=1S/C25H29N3O2/c1-17-23(29)26-21-15-19(10-11-22(21)27(17)2)24(30)28-14-6-13-25(16-28)12-5-8-18-7-3-4-9-20(18)25/h3-4,7,9-11,15,17H,5-6,8,12-14,16H2,1-2H3,(H,26,29). The van der Waals surface area contributed by atoms with Crippen LogP contribution >= 0.6 is 0 Å². The van der Waals surface area contributed by atoms with Crippen molar-refractivity contribution in [2.24, 2.45) is 0 Å². The number of piperidine rings is 1. The molecule has 1 fully saturated rings. The fourth-order valence-corrected chi connectivity index (χ4v) is 5.62. The number of aryl methyl sites for hydroxylation is 1. The maximum Gasteiger partial charge on any atom is 0.253 e. The molecule has 1 aliphatic carbocycles. The normalized spacial score (nSPS) is 25.5. The van der Waals surface area contributed by atoms with Crippen LogP contribution in [0.3, 0.4) is 0 Å². The van der Waals surface area contributed by atoms with Crippen LogP contribution in [0, 0.1) is 0 Å². The van der Waals surface area contributed by atoms with Crippen molar-refractivity contribution < 1.29 is 9.59 Å². The molecule has 2 unspecified atom stereocenters. The third-order valence-electron chi connectivity index (χ3n) is 7.40. The highest BCUT2D eigenvalue weighted by Gasteiger charge is 2.41. The van der Waals surface area contributed by atoms with E-state index < -0.39 is 0 Å². The highest BCUT2D eigenvalue weighted by Crippen LogP contribution is 2.44. The number of hydrogen-bond acceptors (Lipinski definition) is 3. The molecule has 2 aromatic rings. The second kappa shape index (κ2) is 7.15. The van der Waals surface area contributed by atoms with Gasteiger partial charge >= 0.3 is 0 Å². The SMILES string of the molecule is CC1C(=O)Nc2cc(C(=O)N3CCCC4(CCCc5ccccc54)C3)ccc2N1C. The van der Waals surface area contributed by atoms with Crippen molar-refractivity contribution in [1.82, 2.24) is 4.90 Å². The third-order valence-corrected chi connectivity index (χ3v) is 7.40. The number of fused-ring (bicyclic) bond motifs is 3. The number of nitrogens with zero attached hydrogens (tertiary/aromatic N) is 2. The van der Waals surface area contributed by atoms with E-state index in [1.54, 1.807) is 0 Å². The molecule has 0 radical (unpaired) electrons. The summed E-state index contributed by atoms with van der Waals surface area (Å²) in [6.07, 6.45) is 5.66. The van der Waals surface area contributed by atoms with Crippen molar-refractivity contribution in [2.75, 3.05) is 30.4 Å². The van der Waals surface area contributed by atoms with Gasteiger partial charge in [0.25, 0.3) is 5.91 Å². The van der Waals surface area contributed by atoms with E-state index in [2.05, 4.69) is 29.6 Å². The van der Waals surface area contributed by atoms with Gasteiger partial charge in [0.1, 0.15) is 6.04 Å². The number of anilines is 2. The van der Waals surface area contributed by atoms with Gasteiger partial charge in [0.15, 0.2) is 0 Å². The van der Waals surface area contributed by atoms with E-state index in [4.69, 9.17) is 0 Å². The first-order chi connectivity index (χ1) is 14.5. The minimum Gasteiger partial charge on any atom is -0.361 e. The summed E-state index contributed by atoms with van der Waals surface area (Å²) < 4.78 is 0. The number of carbonyl (C=O) groups is 2. The zero-order chi connectivity index (χ0) is 20.9. The van der Waals surface area contributed by atoms with E-state index in [9.17, 15) is 9.59 Å². The molecule has 5 heteroatoms. The van der Waals surface area contributed by atoms with Crippen LogP contribution < -0.4 is 10.2 Å². The predicted octanol–water partition coefficient (Wildman–Crippen LogP) is 3.97. The van der Waals surface area contributed by atoms with Gasteiger partial charge in [-0.3, -0.25) is 9.59 Å². The van der Waals surface area contributed by atoms with Crippen LogP contribution in [0.2, 0.25) is 0 Å². The lowest BCUT2D eigenvalue weighted by Gasteiger charge is -2.46. The van der Waals surface area contributed by atoms with Crippen molar-refractivity contribution in [2.45, 2.75) is 50.5 Å². The van der Waals surface area contributed by atoms with Gasteiger partial charge in [-0.2, -0.15) is 0 Å². The van der Waals surface area contributed by atoms with E-state index in [0.29, 0.717) is 5.56 Å². The lowest BCUT2D eigenvalue weighted by atomic mass is 9.66. The number of amides is 2. The second-order valence-corrected chi connectivity index (χ2v) is 9.13. The average molecular weight is 404 g/mol. The molecule has 0 bridgehead atoms. The Labute approximate surface area is 178 Å². The average Bonchev–Trinajstić information content (AvgIpc) is 2.77. The number of likely N-dealkylation sites (tertiary alicyclic amines) is 1. The predicted molar refractivity (Wildman–Crippen MR) is 119 cm³/mol. The van der Waals surface area contributed by atoms with Crippen LogP contribution in [-0.2, 0) is 16.6 Å². The molecule has 5 nitrogen and oxygen atoms in total. The molecule has 30 heavy (non-hydrogen) atoms. The molecule has 5 rings (SSSR count). The van der Waals surface area contributed by atoms with Gasteiger partial charge in [-0.05, 0) is 68.4 Å². The molecule has 2 atom stereocenters. The lowest BCUT2D eigenvalue weighted by Crippen LogP contribution is -2.50. The van der Waals surface area contributed by atoms with Gasteiger partial charge in [0, 0.05) is 31.1 Å². The van der Waals surface area contributed by atoms with Crippen LogP contribution in [0.5, 0.6) is 0 Å². The molecule has 2 heterocycles. The largest absolute Gasteiger partial charge is 0.361 e. The molecule has 2 amide bonds. The van der Waals surface area contributed by atoms with Crippen molar-refractivity contribution in [3.05, 3.63) is 59.2 Å². The molecule has 3 aliphatic rings. The van der Waals surface area contributed by atoms with Crippen LogP contribution in [0.1, 0.15) is 54.1 Å². The Balaban J connectivity index is 1.43. The van der Waals surface area contributed by atoms with Gasteiger partial charge in [-0.1, -0.05) is 24.3 Å². The minimum atomic E-state index is -0.215. The Hall–Kier alpha value is -2.82. The monoisotopic (exact) mass is 403 g/mol. The molecule has 1 N–H and O–H groups in total. The maximum atomic E-state index is 13.5. The van der Waals surface area contributed by atoms with Crippen LogP contribution in [0.15, 0.2) is 42.5 Å². The first-order valence-corrected chi connectivity index (χ1v) is 11.0. The fourth-order valence-electron chi connectivity index (χ4n) is 5.62. The zero-order valence-electron chi connectivity index (χ0n) is 17.8. The number of carbonyl (C=O) groups excluding carboxylic acids is 2. The first kappa shape index (κ1) is 19.2. The van der Waals surface area contributed by atoms with Crippen molar-refractivity contribution in [1.29, 1.82) is 0 Å². The van der Waals surface area contributed by atoms with Gasteiger partial charge < -0.3 is 15.1 Å². The Morgan fingerprint density at radius 2 is 1.93 bits per heavy atom. The highest BCUT2D eigenvalue weighted by molar-refractivity contribution is 6.05. The third kappa shape index (κ3) is 2.99. The van der Waals surface area contributed by atoms with Gasteiger partial charge in [-0.15, -0.1) is 0 Å². The lowest BCUT2D eigenvalue weighted by molar-refractivity contribution is -0.117. The topological polar surface area (TPSA) is 52.7 Å². The van der Waals surface area contributed by atoms with Gasteiger partial charge in [-0.25, -0.2) is 0 Å². The van der Waals surface area contributed by atoms with Crippen LogP contribution in [0.4, 0.5) is 11.4 Å². The highest BCUT2D eigenvalue weighted by atomic mass is 16.2. The number of nitrogens with one attached hydrogen (secondary N) is 1. The maximum absolute atomic E-state index is 13.5. The fraction of sp³-hybridized carbons (Fsp3) is 0.440. The molecule has 156 valence electrons. The van der Waals surface area contributed by atoms with Crippen molar-refractivity contribution >= 4 is 23.2 Å². The summed E-state index contributed by atoms with van der Waals surface area (Å²) in [6, 6.07) is 14.3. The van der Waals surface area contributed by atoms with E-state index in [1.165, 1.54) is 17.5 Å². The summed E-state index contributed by atoms with van der Waals surface area (Å²) in [6.45, 7) is 3.46. The molecule has 2 aromatic carbocycles. The Bertz CT molecular complexity index is 1020. The summed E-state index contributed by atoms with van der Waals surface area (Å²) in [7, 11) is 1.92. The first-order valence-electron chi connectivity index (χ1n) is 11.0. The summed E-state index contributed by atoms with van der Waals surface area (Å²) in [5.41, 5.74) is 5.31.